The van der Waals surface area contributed by atoms with Gasteiger partial charge in [0.05, 0.1) is 26.9 Å². The van der Waals surface area contributed by atoms with Crippen LogP contribution >= 0.6 is 11.3 Å². The van der Waals surface area contributed by atoms with Gasteiger partial charge in [0.2, 0.25) is 0 Å². The van der Waals surface area contributed by atoms with Crippen LogP contribution in [0.3, 0.4) is 0 Å². The fourth-order valence-electron chi connectivity index (χ4n) is 8.24. The van der Waals surface area contributed by atoms with Gasteiger partial charge in [-0.05, 0) is 53.2 Å². The van der Waals surface area contributed by atoms with Crippen LogP contribution in [0.1, 0.15) is 0 Å². The van der Waals surface area contributed by atoms with E-state index in [9.17, 15) is 0 Å². The number of fused-ring (bicyclic) bond motifs is 7. The second-order valence-electron chi connectivity index (χ2n) is 14.8. The van der Waals surface area contributed by atoms with Gasteiger partial charge in [0, 0.05) is 55.9 Å². The number of nitrogens with zero attached hydrogens (tertiary/aromatic N) is 7. The molecule has 60 heavy (non-hydrogen) atoms. The smallest absolute Gasteiger partial charge is 0.164 e. The van der Waals surface area contributed by atoms with Crippen LogP contribution in [-0.4, -0.2) is 34.5 Å². The van der Waals surface area contributed by atoms with Crippen molar-refractivity contribution in [2.45, 2.75) is 0 Å². The van der Waals surface area contributed by atoms with E-state index in [1.165, 1.54) is 16.2 Å². The van der Waals surface area contributed by atoms with E-state index in [4.69, 9.17) is 29.9 Å². The highest BCUT2D eigenvalue weighted by atomic mass is 32.1. The minimum atomic E-state index is 0.586. The Morgan fingerprint density at radius 3 is 1.72 bits per heavy atom. The number of thiophene rings is 1. The van der Waals surface area contributed by atoms with Crippen molar-refractivity contribution in [3.63, 3.8) is 0 Å². The Balaban J connectivity index is 0.985. The van der Waals surface area contributed by atoms with Gasteiger partial charge in [-0.2, -0.15) is 0 Å². The fraction of sp³-hybridized carbons (Fsp3) is 0. The molecule has 280 valence electrons. The average Bonchev–Trinajstić information content (AvgIpc) is 3.87. The van der Waals surface area contributed by atoms with Gasteiger partial charge >= 0.3 is 0 Å². The van der Waals surface area contributed by atoms with E-state index in [-0.39, 0.29) is 0 Å². The summed E-state index contributed by atoms with van der Waals surface area (Å²) in [5.41, 5.74) is 9.71. The van der Waals surface area contributed by atoms with Crippen LogP contribution in [0.4, 0.5) is 0 Å². The normalized spacial score (nSPS) is 11.7. The van der Waals surface area contributed by atoms with Crippen molar-refractivity contribution in [1.29, 1.82) is 0 Å². The lowest BCUT2D eigenvalue weighted by atomic mass is 10.0. The van der Waals surface area contributed by atoms with Crippen LogP contribution in [0.5, 0.6) is 0 Å². The third-order valence-electron chi connectivity index (χ3n) is 11.1. The summed E-state index contributed by atoms with van der Waals surface area (Å²) in [6.07, 6.45) is 1.83. The molecule has 0 fully saturated rings. The summed E-state index contributed by atoms with van der Waals surface area (Å²) in [4.78, 5) is 31.3. The zero-order valence-corrected chi connectivity index (χ0v) is 32.8. The van der Waals surface area contributed by atoms with Gasteiger partial charge in [-0.3, -0.25) is 0 Å². The van der Waals surface area contributed by atoms with Crippen molar-refractivity contribution < 1.29 is 0 Å². The van der Waals surface area contributed by atoms with Crippen molar-refractivity contribution >= 4 is 64.3 Å². The highest BCUT2D eigenvalue weighted by Gasteiger charge is 2.19. The van der Waals surface area contributed by atoms with Crippen molar-refractivity contribution in [3.05, 3.63) is 188 Å². The molecule has 0 amide bonds. The highest BCUT2D eigenvalue weighted by Crippen LogP contribution is 2.40. The van der Waals surface area contributed by atoms with Crippen LogP contribution in [-0.2, 0) is 0 Å². The number of rotatable bonds is 6. The molecule has 0 aliphatic rings. The summed E-state index contributed by atoms with van der Waals surface area (Å²) in [6, 6.07) is 62.8. The topological polar surface area (TPSA) is 82.3 Å². The molecule has 7 nitrogen and oxygen atoms in total. The molecule has 0 radical (unpaired) electrons. The molecule has 0 unspecified atom stereocenters. The Hall–Kier alpha value is -7.94. The van der Waals surface area contributed by atoms with Crippen molar-refractivity contribution in [1.82, 2.24) is 34.5 Å². The van der Waals surface area contributed by atoms with E-state index >= 15 is 0 Å². The van der Waals surface area contributed by atoms with Crippen LogP contribution in [0, 0.1) is 0 Å². The summed E-state index contributed by atoms with van der Waals surface area (Å²) < 4.78 is 3.31. The number of aromatic nitrogens is 7. The van der Waals surface area contributed by atoms with Crippen molar-refractivity contribution in [2.75, 3.05) is 0 Å². The zero-order chi connectivity index (χ0) is 39.6. The number of para-hydroxylation sites is 2. The minimum Gasteiger partial charge on any atom is -0.309 e. The molecule has 5 aromatic heterocycles. The molecular formula is C52H31N7S. The van der Waals surface area contributed by atoms with Crippen molar-refractivity contribution in [3.8, 4) is 62.5 Å². The molecule has 0 aliphatic heterocycles. The van der Waals surface area contributed by atoms with Gasteiger partial charge in [0.15, 0.2) is 23.3 Å². The highest BCUT2D eigenvalue weighted by molar-refractivity contribution is 7.25. The van der Waals surface area contributed by atoms with Gasteiger partial charge in [-0.15, -0.1) is 11.3 Å². The largest absolute Gasteiger partial charge is 0.309 e. The first-order valence-electron chi connectivity index (χ1n) is 19.8. The fourth-order valence-corrected chi connectivity index (χ4v) is 9.34. The lowest BCUT2D eigenvalue weighted by Gasteiger charge is -2.12. The quantitative estimate of drug-likeness (QED) is 0.167. The third kappa shape index (κ3) is 5.73. The standard InChI is InChI=1S/C52H31N7S/c1-2-13-34(14-3-1)48-56-49(58-51(57-48)37-16-10-17-39(31-37)59-43-21-8-6-18-40(43)41-19-7-9-22-44(41)59)35-26-24-33(25-27-35)45-47-46(42-20-11-29-53-52(42)60-47)55-50(54-45)38-28-23-32-12-4-5-15-36(32)30-38/h1-31H. The third-order valence-corrected chi connectivity index (χ3v) is 12.2. The lowest BCUT2D eigenvalue weighted by Crippen LogP contribution is -2.01. The van der Waals surface area contributed by atoms with E-state index in [2.05, 4.69) is 150 Å². The average molecular weight is 786 g/mol. The Bertz CT molecular complexity index is 3560. The van der Waals surface area contributed by atoms with E-state index in [0.29, 0.717) is 23.3 Å². The molecule has 5 heterocycles. The predicted octanol–water partition coefficient (Wildman–Crippen LogP) is 13.0. The van der Waals surface area contributed by atoms with E-state index in [0.717, 1.165) is 76.1 Å². The first kappa shape index (κ1) is 34.1. The molecule has 0 atom stereocenters. The lowest BCUT2D eigenvalue weighted by molar-refractivity contribution is 1.07. The Kier molecular flexibility index (Phi) is 7.89. The second kappa shape index (κ2) is 13.9. The molecular weight excluding hydrogens is 755 g/mol. The molecule has 8 heteroatoms. The summed E-state index contributed by atoms with van der Waals surface area (Å²) in [6.45, 7) is 0. The Morgan fingerprint density at radius 2 is 0.950 bits per heavy atom. The van der Waals surface area contributed by atoms with Gasteiger partial charge in [0.25, 0.3) is 0 Å². The van der Waals surface area contributed by atoms with E-state index in [1.807, 2.05) is 42.6 Å². The van der Waals surface area contributed by atoms with Crippen LogP contribution in [0.25, 0.3) is 116 Å². The van der Waals surface area contributed by atoms with E-state index in [1.54, 1.807) is 11.3 Å². The van der Waals surface area contributed by atoms with Crippen LogP contribution in [0.15, 0.2) is 188 Å². The molecule has 12 aromatic rings. The zero-order valence-electron chi connectivity index (χ0n) is 31.9. The molecule has 7 aromatic carbocycles. The first-order chi connectivity index (χ1) is 29.7. The van der Waals surface area contributed by atoms with Gasteiger partial charge < -0.3 is 4.57 Å². The maximum absolute atomic E-state index is 5.25. The van der Waals surface area contributed by atoms with Gasteiger partial charge in [-0.1, -0.05) is 140 Å². The molecule has 0 saturated carbocycles. The Labute approximate surface area is 348 Å². The van der Waals surface area contributed by atoms with Gasteiger partial charge in [-0.25, -0.2) is 29.9 Å². The maximum atomic E-state index is 5.25. The maximum Gasteiger partial charge on any atom is 0.164 e. The van der Waals surface area contributed by atoms with E-state index < -0.39 is 0 Å². The number of pyridine rings is 1. The first-order valence-corrected chi connectivity index (χ1v) is 20.6. The molecule has 0 spiro atoms. The number of hydrogen-bond acceptors (Lipinski definition) is 7. The number of benzene rings is 7. The summed E-state index contributed by atoms with van der Waals surface area (Å²) >= 11 is 1.62. The predicted molar refractivity (Wildman–Crippen MR) is 245 cm³/mol. The molecule has 0 saturated heterocycles. The minimum absolute atomic E-state index is 0.586. The Morgan fingerprint density at radius 1 is 0.383 bits per heavy atom. The molecule has 12 rings (SSSR count). The molecule has 0 aliphatic carbocycles. The van der Waals surface area contributed by atoms with Crippen LogP contribution in [0.2, 0.25) is 0 Å². The monoisotopic (exact) mass is 785 g/mol. The number of hydrogen-bond donors (Lipinski definition) is 0. The summed E-state index contributed by atoms with van der Waals surface area (Å²) in [5.74, 6) is 2.47. The van der Waals surface area contributed by atoms with Crippen LogP contribution < -0.4 is 0 Å². The summed E-state index contributed by atoms with van der Waals surface area (Å²) in [7, 11) is 0. The summed E-state index contributed by atoms with van der Waals surface area (Å²) in [5, 5.41) is 5.77. The second-order valence-corrected chi connectivity index (χ2v) is 15.8. The van der Waals surface area contributed by atoms with Gasteiger partial charge in [0.1, 0.15) is 4.83 Å². The SMILES string of the molecule is c1ccc(-c2nc(-c3ccc(-c4nc(-c5ccc6ccccc6c5)nc5c4sc4ncccc45)cc3)nc(-c3cccc(-n4c5ccccc5c5ccccc54)c3)n2)cc1. The molecule has 0 bridgehead atoms. The molecule has 0 N–H and O–H groups in total. The van der Waals surface area contributed by atoms with Crippen molar-refractivity contribution in [2.24, 2.45) is 0 Å².